The molecule has 3 nitrogen and oxygen atoms in total. The summed E-state index contributed by atoms with van der Waals surface area (Å²) in [6, 6.07) is 8.96. The monoisotopic (exact) mass is 299 g/mol. The fourth-order valence-corrected chi connectivity index (χ4v) is 2.86. The number of aromatic nitrogens is 1. The first kappa shape index (κ1) is 16.8. The molecule has 2 aromatic rings. The van der Waals surface area contributed by atoms with E-state index in [-0.39, 0.29) is 0 Å². The average Bonchev–Trinajstić information content (AvgIpc) is 2.53. The lowest BCUT2D eigenvalue weighted by Gasteiger charge is -2.23. The van der Waals surface area contributed by atoms with E-state index in [1.54, 1.807) is 0 Å². The van der Waals surface area contributed by atoms with E-state index in [1.807, 2.05) is 0 Å². The van der Waals surface area contributed by atoms with Crippen LogP contribution < -0.4 is 10.6 Å². The number of nitrogens with zero attached hydrogens (tertiary/aromatic N) is 2. The topological polar surface area (TPSA) is 42.2 Å². The van der Waals surface area contributed by atoms with Gasteiger partial charge >= 0.3 is 0 Å². The second-order valence-corrected chi connectivity index (χ2v) is 6.14. The van der Waals surface area contributed by atoms with E-state index in [0.717, 1.165) is 43.8 Å². The molecular formula is C19H29N3. The number of nitrogens with two attached hydrogens (primary N) is 1. The molecule has 0 spiro atoms. The van der Waals surface area contributed by atoms with Crippen LogP contribution in [0.5, 0.6) is 0 Å². The van der Waals surface area contributed by atoms with E-state index in [1.165, 1.54) is 16.5 Å². The van der Waals surface area contributed by atoms with Crippen LogP contribution in [0, 0.1) is 0 Å². The molecule has 2 rings (SSSR count). The molecule has 2 N–H and O–H groups in total. The average molecular weight is 299 g/mol. The van der Waals surface area contributed by atoms with Crippen molar-refractivity contribution in [1.29, 1.82) is 0 Å². The van der Waals surface area contributed by atoms with Gasteiger partial charge in [0.15, 0.2) is 0 Å². The van der Waals surface area contributed by atoms with Crippen molar-refractivity contribution in [3.8, 4) is 0 Å². The van der Waals surface area contributed by atoms with Crippen molar-refractivity contribution in [2.45, 2.75) is 46.5 Å². The first-order valence-electron chi connectivity index (χ1n) is 8.49. The molecule has 0 aliphatic rings. The molecular weight excluding hydrogens is 270 g/mol. The van der Waals surface area contributed by atoms with E-state index in [4.69, 9.17) is 10.7 Å². The predicted molar refractivity (Wildman–Crippen MR) is 96.8 cm³/mol. The Balaban J connectivity index is 2.54. The summed E-state index contributed by atoms with van der Waals surface area (Å²) in [6.07, 6.45) is 2.00. The summed E-state index contributed by atoms with van der Waals surface area (Å²) in [4.78, 5) is 7.29. The first-order chi connectivity index (χ1) is 10.6. The largest absolute Gasteiger partial charge is 0.357 e. The van der Waals surface area contributed by atoms with Crippen LogP contribution in [0.3, 0.4) is 0 Å². The molecule has 0 unspecified atom stereocenters. The predicted octanol–water partition coefficient (Wildman–Crippen LogP) is 4.10. The fourth-order valence-electron chi connectivity index (χ4n) is 2.86. The van der Waals surface area contributed by atoms with Crippen molar-refractivity contribution in [3.05, 3.63) is 35.4 Å². The Kier molecular flexibility index (Phi) is 5.78. The molecule has 0 amide bonds. The van der Waals surface area contributed by atoms with Crippen LogP contribution in [0.25, 0.3) is 10.9 Å². The zero-order valence-corrected chi connectivity index (χ0v) is 14.4. The lowest BCUT2D eigenvalue weighted by atomic mass is 9.99. The minimum atomic E-state index is 0.541. The molecule has 1 heterocycles. The highest BCUT2D eigenvalue weighted by molar-refractivity contribution is 5.82. The van der Waals surface area contributed by atoms with Crippen LogP contribution in [0.1, 0.15) is 51.2 Å². The molecule has 120 valence electrons. The van der Waals surface area contributed by atoms with Gasteiger partial charge in [-0.05, 0) is 68.5 Å². The van der Waals surface area contributed by atoms with Crippen molar-refractivity contribution < 1.29 is 0 Å². The zero-order chi connectivity index (χ0) is 16.1. The normalized spacial score (nSPS) is 11.4. The maximum Gasteiger partial charge on any atom is 0.132 e. The summed E-state index contributed by atoms with van der Waals surface area (Å²) in [6.45, 7) is 11.5. The summed E-state index contributed by atoms with van der Waals surface area (Å²) in [5.41, 5.74) is 9.49. The van der Waals surface area contributed by atoms with Gasteiger partial charge < -0.3 is 10.6 Å². The van der Waals surface area contributed by atoms with Crippen LogP contribution >= 0.6 is 0 Å². The third-order valence-corrected chi connectivity index (χ3v) is 4.27. The summed E-state index contributed by atoms with van der Waals surface area (Å²) >= 11 is 0. The van der Waals surface area contributed by atoms with Gasteiger partial charge in [-0.25, -0.2) is 4.98 Å². The molecule has 0 aliphatic carbocycles. The third-order valence-electron chi connectivity index (χ3n) is 4.27. The van der Waals surface area contributed by atoms with E-state index >= 15 is 0 Å². The van der Waals surface area contributed by atoms with Gasteiger partial charge in [0, 0.05) is 18.5 Å². The smallest absolute Gasteiger partial charge is 0.132 e. The standard InChI is InChI=1S/C19H29N3/c1-5-22(6-2)19-16(8-7-11-20)13-17-12-15(14(3)4)9-10-18(17)21-19/h9-10,12-14H,5-8,11,20H2,1-4H3. The van der Waals surface area contributed by atoms with Crippen molar-refractivity contribution in [3.63, 3.8) is 0 Å². The molecule has 0 aliphatic heterocycles. The maximum absolute atomic E-state index is 5.71. The first-order valence-corrected chi connectivity index (χ1v) is 8.49. The highest BCUT2D eigenvalue weighted by Crippen LogP contribution is 2.27. The van der Waals surface area contributed by atoms with E-state index < -0.39 is 0 Å². The van der Waals surface area contributed by atoms with Crippen LogP contribution in [-0.4, -0.2) is 24.6 Å². The van der Waals surface area contributed by atoms with Crippen molar-refractivity contribution >= 4 is 16.7 Å². The van der Waals surface area contributed by atoms with Gasteiger partial charge in [-0.1, -0.05) is 19.9 Å². The van der Waals surface area contributed by atoms with Crippen LogP contribution in [0.15, 0.2) is 24.3 Å². The molecule has 1 aromatic heterocycles. The number of pyridine rings is 1. The number of aryl methyl sites for hydroxylation is 1. The highest BCUT2D eigenvalue weighted by Gasteiger charge is 2.12. The van der Waals surface area contributed by atoms with Gasteiger partial charge in [-0.3, -0.25) is 0 Å². The Morgan fingerprint density at radius 3 is 2.45 bits per heavy atom. The zero-order valence-electron chi connectivity index (χ0n) is 14.4. The minimum absolute atomic E-state index is 0.541. The SMILES string of the molecule is CCN(CC)c1nc2ccc(C(C)C)cc2cc1CCCN. The van der Waals surface area contributed by atoms with E-state index in [0.29, 0.717) is 5.92 Å². The van der Waals surface area contributed by atoms with Crippen molar-refractivity contribution in [2.75, 3.05) is 24.5 Å². The number of anilines is 1. The van der Waals surface area contributed by atoms with Gasteiger partial charge in [-0.2, -0.15) is 0 Å². The summed E-state index contributed by atoms with van der Waals surface area (Å²) < 4.78 is 0. The Labute approximate surface area is 134 Å². The Hall–Kier alpha value is -1.61. The quantitative estimate of drug-likeness (QED) is 0.837. The molecule has 0 radical (unpaired) electrons. The summed E-state index contributed by atoms with van der Waals surface area (Å²) in [7, 11) is 0. The lowest BCUT2D eigenvalue weighted by molar-refractivity contribution is 0.799. The molecule has 3 heteroatoms. The van der Waals surface area contributed by atoms with E-state index in [2.05, 4.69) is 56.9 Å². The van der Waals surface area contributed by atoms with E-state index in [9.17, 15) is 0 Å². The fraction of sp³-hybridized carbons (Fsp3) is 0.526. The number of hydrogen-bond acceptors (Lipinski definition) is 3. The number of rotatable bonds is 7. The Morgan fingerprint density at radius 1 is 1.14 bits per heavy atom. The van der Waals surface area contributed by atoms with Crippen molar-refractivity contribution in [1.82, 2.24) is 4.98 Å². The van der Waals surface area contributed by atoms with Gasteiger partial charge in [0.2, 0.25) is 0 Å². The van der Waals surface area contributed by atoms with Gasteiger partial charge in [-0.15, -0.1) is 0 Å². The number of fused-ring (bicyclic) bond motifs is 1. The molecule has 0 saturated carbocycles. The van der Waals surface area contributed by atoms with Gasteiger partial charge in [0.05, 0.1) is 5.52 Å². The third kappa shape index (κ3) is 3.58. The van der Waals surface area contributed by atoms with Crippen LogP contribution in [-0.2, 0) is 6.42 Å². The molecule has 1 aromatic carbocycles. The Morgan fingerprint density at radius 2 is 1.86 bits per heavy atom. The lowest BCUT2D eigenvalue weighted by Crippen LogP contribution is -2.24. The second-order valence-electron chi connectivity index (χ2n) is 6.14. The van der Waals surface area contributed by atoms with Gasteiger partial charge in [0.25, 0.3) is 0 Å². The van der Waals surface area contributed by atoms with Crippen LogP contribution in [0.2, 0.25) is 0 Å². The Bertz CT molecular complexity index is 615. The van der Waals surface area contributed by atoms with Crippen molar-refractivity contribution in [2.24, 2.45) is 5.73 Å². The molecule has 22 heavy (non-hydrogen) atoms. The maximum atomic E-state index is 5.71. The molecule has 0 saturated heterocycles. The molecule has 0 bridgehead atoms. The number of hydrogen-bond donors (Lipinski definition) is 1. The molecule has 0 atom stereocenters. The van der Waals surface area contributed by atoms with Gasteiger partial charge in [0.1, 0.15) is 5.82 Å². The minimum Gasteiger partial charge on any atom is -0.357 e. The molecule has 0 fully saturated rings. The van der Waals surface area contributed by atoms with Crippen LogP contribution in [0.4, 0.5) is 5.82 Å². The second kappa shape index (κ2) is 7.59. The number of benzene rings is 1. The highest BCUT2D eigenvalue weighted by atomic mass is 15.2. The summed E-state index contributed by atoms with van der Waals surface area (Å²) in [5, 5.41) is 1.24. The summed E-state index contributed by atoms with van der Waals surface area (Å²) in [5.74, 6) is 1.67.